The van der Waals surface area contributed by atoms with E-state index in [4.69, 9.17) is 4.74 Å². The molecule has 2 atom stereocenters. The number of fused-ring (bicyclic) bond motifs is 1. The quantitative estimate of drug-likeness (QED) is 0.822. The number of nitrogens with zero attached hydrogens (tertiary/aromatic N) is 2. The van der Waals surface area contributed by atoms with Gasteiger partial charge < -0.3 is 15.2 Å². The number of hydrogen-bond donors (Lipinski definition) is 2. The smallest absolute Gasteiger partial charge is 0.451 e. The average Bonchev–Trinajstić information content (AvgIpc) is 2.56. The SMILES string of the molecule is CCC(C)C(Nc1nc(C(F)(F)F)nc2cc(OC)ccc12)C(=O)O. The van der Waals surface area contributed by atoms with Gasteiger partial charge >= 0.3 is 12.1 Å². The molecule has 0 aliphatic carbocycles. The van der Waals surface area contributed by atoms with Crippen LogP contribution in [0.1, 0.15) is 26.1 Å². The highest BCUT2D eigenvalue weighted by Gasteiger charge is 2.36. The maximum atomic E-state index is 13.1. The van der Waals surface area contributed by atoms with Crippen LogP contribution < -0.4 is 10.1 Å². The Balaban J connectivity index is 2.61. The van der Waals surface area contributed by atoms with Crippen molar-refractivity contribution in [3.8, 4) is 5.75 Å². The van der Waals surface area contributed by atoms with Gasteiger partial charge in [-0.15, -0.1) is 0 Å². The van der Waals surface area contributed by atoms with E-state index >= 15 is 0 Å². The van der Waals surface area contributed by atoms with Crippen molar-refractivity contribution in [1.82, 2.24) is 9.97 Å². The Morgan fingerprint density at radius 3 is 2.56 bits per heavy atom. The zero-order valence-electron chi connectivity index (χ0n) is 13.9. The third-order valence-electron chi connectivity index (χ3n) is 3.93. The molecule has 25 heavy (non-hydrogen) atoms. The average molecular weight is 357 g/mol. The van der Waals surface area contributed by atoms with Gasteiger partial charge in [-0.05, 0) is 18.1 Å². The second-order valence-electron chi connectivity index (χ2n) is 5.62. The van der Waals surface area contributed by atoms with Gasteiger partial charge in [-0.1, -0.05) is 20.3 Å². The van der Waals surface area contributed by atoms with Crippen LogP contribution in [0, 0.1) is 5.92 Å². The van der Waals surface area contributed by atoms with Crippen LogP contribution in [0.15, 0.2) is 18.2 Å². The molecule has 0 aliphatic rings. The molecule has 9 heteroatoms. The number of carboxylic acids is 1. The highest BCUT2D eigenvalue weighted by molar-refractivity contribution is 5.91. The van der Waals surface area contributed by atoms with Crippen molar-refractivity contribution in [2.75, 3.05) is 12.4 Å². The number of methoxy groups -OCH3 is 1. The van der Waals surface area contributed by atoms with Crippen LogP contribution in [0.25, 0.3) is 10.9 Å². The van der Waals surface area contributed by atoms with Crippen LogP contribution in [0.5, 0.6) is 5.75 Å². The number of benzene rings is 1. The zero-order valence-corrected chi connectivity index (χ0v) is 13.9. The highest BCUT2D eigenvalue weighted by Crippen LogP contribution is 2.32. The van der Waals surface area contributed by atoms with E-state index in [0.29, 0.717) is 12.2 Å². The normalized spacial score (nSPS) is 14.2. The number of carboxylic acid groups (broad SMARTS) is 1. The lowest BCUT2D eigenvalue weighted by atomic mass is 9.99. The van der Waals surface area contributed by atoms with Gasteiger partial charge in [0.1, 0.15) is 17.6 Å². The van der Waals surface area contributed by atoms with Crippen molar-refractivity contribution in [3.63, 3.8) is 0 Å². The molecule has 136 valence electrons. The number of aromatic nitrogens is 2. The van der Waals surface area contributed by atoms with E-state index < -0.39 is 24.0 Å². The molecule has 0 fully saturated rings. The van der Waals surface area contributed by atoms with E-state index in [9.17, 15) is 23.1 Å². The van der Waals surface area contributed by atoms with Crippen LogP contribution in [0.2, 0.25) is 0 Å². The minimum atomic E-state index is -4.76. The summed E-state index contributed by atoms with van der Waals surface area (Å²) in [6, 6.07) is 3.30. The lowest BCUT2D eigenvalue weighted by Crippen LogP contribution is -2.36. The van der Waals surface area contributed by atoms with Crippen LogP contribution in [-0.2, 0) is 11.0 Å². The summed E-state index contributed by atoms with van der Waals surface area (Å²) in [7, 11) is 1.38. The molecule has 0 amide bonds. The minimum absolute atomic E-state index is 0.0115. The number of ether oxygens (including phenoxy) is 1. The van der Waals surface area contributed by atoms with Crippen molar-refractivity contribution >= 4 is 22.7 Å². The van der Waals surface area contributed by atoms with Gasteiger partial charge in [-0.2, -0.15) is 13.2 Å². The first kappa shape index (κ1) is 18.8. The largest absolute Gasteiger partial charge is 0.497 e. The fourth-order valence-corrected chi connectivity index (χ4v) is 2.30. The van der Waals surface area contributed by atoms with Gasteiger partial charge in [-0.25, -0.2) is 14.8 Å². The number of aliphatic carboxylic acids is 1. The van der Waals surface area contributed by atoms with Crippen molar-refractivity contribution < 1.29 is 27.8 Å². The molecule has 0 spiro atoms. The molecule has 0 aliphatic heterocycles. The number of nitrogens with one attached hydrogen (secondary N) is 1. The lowest BCUT2D eigenvalue weighted by Gasteiger charge is -2.22. The van der Waals surface area contributed by atoms with Gasteiger partial charge in [0, 0.05) is 11.5 Å². The number of hydrogen-bond acceptors (Lipinski definition) is 5. The van der Waals surface area contributed by atoms with E-state index in [1.54, 1.807) is 19.9 Å². The summed E-state index contributed by atoms with van der Waals surface area (Å²) in [4.78, 5) is 18.5. The van der Waals surface area contributed by atoms with E-state index in [1.165, 1.54) is 19.2 Å². The second-order valence-corrected chi connectivity index (χ2v) is 5.62. The van der Waals surface area contributed by atoms with E-state index in [0.717, 1.165) is 0 Å². The lowest BCUT2D eigenvalue weighted by molar-refractivity contribution is -0.144. The van der Waals surface area contributed by atoms with Crippen LogP contribution >= 0.6 is 0 Å². The van der Waals surface area contributed by atoms with E-state index in [-0.39, 0.29) is 22.6 Å². The maximum Gasteiger partial charge on any atom is 0.451 e. The van der Waals surface area contributed by atoms with Crippen molar-refractivity contribution in [2.24, 2.45) is 5.92 Å². The van der Waals surface area contributed by atoms with Gasteiger partial charge in [0.25, 0.3) is 0 Å². The fourth-order valence-electron chi connectivity index (χ4n) is 2.30. The van der Waals surface area contributed by atoms with Gasteiger partial charge in [0.15, 0.2) is 0 Å². The summed E-state index contributed by atoms with van der Waals surface area (Å²) in [5.41, 5.74) is 0.0115. The summed E-state index contributed by atoms with van der Waals surface area (Å²) in [5, 5.41) is 12.3. The summed E-state index contributed by atoms with van der Waals surface area (Å²) < 4.78 is 44.3. The first-order chi connectivity index (χ1) is 11.7. The molecule has 0 saturated heterocycles. The molecular weight excluding hydrogens is 339 g/mol. The molecule has 2 N–H and O–H groups in total. The van der Waals surface area contributed by atoms with E-state index in [1.807, 2.05) is 0 Å². The monoisotopic (exact) mass is 357 g/mol. The van der Waals surface area contributed by atoms with Gasteiger partial charge in [0.05, 0.1) is 12.6 Å². The Morgan fingerprint density at radius 2 is 2.04 bits per heavy atom. The molecule has 2 rings (SSSR count). The molecule has 0 saturated carbocycles. The van der Waals surface area contributed by atoms with Gasteiger partial charge in [0.2, 0.25) is 5.82 Å². The number of carbonyl (C=O) groups is 1. The number of halogens is 3. The third-order valence-corrected chi connectivity index (χ3v) is 3.93. The Bertz CT molecular complexity index is 780. The minimum Gasteiger partial charge on any atom is -0.497 e. The molecule has 1 aromatic heterocycles. The van der Waals surface area contributed by atoms with Crippen molar-refractivity contribution in [3.05, 3.63) is 24.0 Å². The third kappa shape index (κ3) is 4.09. The first-order valence-corrected chi connectivity index (χ1v) is 7.59. The Labute approximate surface area is 142 Å². The standard InChI is InChI=1S/C16H18F3N3O3/c1-4-8(2)12(14(23)24)21-13-10-6-5-9(25-3)7-11(10)20-15(22-13)16(17,18)19/h5-8,12H,4H2,1-3H3,(H,23,24)(H,20,21,22). The molecule has 1 aromatic carbocycles. The molecule has 2 aromatic rings. The van der Waals surface area contributed by atoms with Crippen LogP contribution in [0.3, 0.4) is 0 Å². The van der Waals surface area contributed by atoms with Crippen molar-refractivity contribution in [2.45, 2.75) is 32.5 Å². The predicted molar refractivity (Wildman–Crippen MR) is 85.6 cm³/mol. The molecule has 1 heterocycles. The summed E-state index contributed by atoms with van der Waals surface area (Å²) in [5.74, 6) is -2.66. The van der Waals surface area contributed by atoms with Crippen LogP contribution in [-0.4, -0.2) is 34.2 Å². The zero-order chi connectivity index (χ0) is 18.8. The number of rotatable bonds is 6. The Morgan fingerprint density at radius 1 is 1.36 bits per heavy atom. The molecule has 0 bridgehead atoms. The van der Waals surface area contributed by atoms with E-state index in [2.05, 4.69) is 15.3 Å². The molecule has 6 nitrogen and oxygen atoms in total. The van der Waals surface area contributed by atoms with Gasteiger partial charge in [-0.3, -0.25) is 0 Å². The van der Waals surface area contributed by atoms with Crippen LogP contribution in [0.4, 0.5) is 19.0 Å². The second kappa shape index (κ2) is 7.12. The predicted octanol–water partition coefficient (Wildman–Crippen LogP) is 3.57. The molecule has 0 radical (unpaired) electrons. The Kier molecular flexibility index (Phi) is 5.34. The Hall–Kier alpha value is -2.58. The first-order valence-electron chi connectivity index (χ1n) is 7.59. The maximum absolute atomic E-state index is 13.1. The fraction of sp³-hybridized carbons (Fsp3) is 0.438. The molecular formula is C16H18F3N3O3. The van der Waals surface area contributed by atoms with Crippen molar-refractivity contribution in [1.29, 1.82) is 0 Å². The topological polar surface area (TPSA) is 84.3 Å². The highest BCUT2D eigenvalue weighted by atomic mass is 19.4. The summed E-state index contributed by atoms with van der Waals surface area (Å²) in [6.07, 6.45) is -4.23. The number of alkyl halides is 3. The summed E-state index contributed by atoms with van der Waals surface area (Å²) >= 11 is 0. The summed E-state index contributed by atoms with van der Waals surface area (Å²) in [6.45, 7) is 3.50. The number of anilines is 1. The molecule has 2 unspecified atom stereocenters.